The largest absolute Gasteiger partial charge is 0.480 e. The summed E-state index contributed by atoms with van der Waals surface area (Å²) >= 11 is 0. The number of hydrogen-bond donors (Lipinski definition) is 2. The molecule has 0 fully saturated rings. The van der Waals surface area contributed by atoms with Crippen LogP contribution in [0.25, 0.3) is 0 Å². The third-order valence-electron chi connectivity index (χ3n) is 2.72. The Morgan fingerprint density at radius 3 is 2.24 bits per heavy atom. The number of urea groups is 1. The molecule has 1 unspecified atom stereocenters. The summed E-state index contributed by atoms with van der Waals surface area (Å²) in [7, 11) is 3.12. The maximum atomic E-state index is 11.8. The van der Waals surface area contributed by atoms with Crippen molar-refractivity contribution in [3.8, 4) is 0 Å². The van der Waals surface area contributed by atoms with Gasteiger partial charge in [0.05, 0.1) is 0 Å². The topological polar surface area (TPSA) is 81.1 Å². The van der Waals surface area contributed by atoms with E-state index in [1.807, 2.05) is 0 Å². The molecule has 0 saturated heterocycles. The van der Waals surface area contributed by atoms with Gasteiger partial charge in [0.25, 0.3) is 0 Å². The van der Waals surface area contributed by atoms with Crippen LogP contribution in [0.5, 0.6) is 0 Å². The molecule has 0 aliphatic carbocycles. The Balaban J connectivity index is 4.07. The molecule has 2 amide bonds. The minimum atomic E-state index is -1.02. The normalized spacial score (nSPS) is 12.0. The van der Waals surface area contributed by atoms with E-state index in [2.05, 4.69) is 0 Å². The van der Waals surface area contributed by atoms with E-state index in [-0.39, 0.29) is 12.6 Å². The van der Waals surface area contributed by atoms with Crippen molar-refractivity contribution in [1.29, 1.82) is 0 Å². The molecule has 100 valence electrons. The van der Waals surface area contributed by atoms with Gasteiger partial charge in [0.1, 0.15) is 6.04 Å². The minimum Gasteiger partial charge on any atom is -0.480 e. The van der Waals surface area contributed by atoms with Crippen LogP contribution in [0.2, 0.25) is 0 Å². The van der Waals surface area contributed by atoms with E-state index in [4.69, 9.17) is 10.2 Å². The highest BCUT2D eigenvalue weighted by molar-refractivity contribution is 5.82. The fourth-order valence-electron chi connectivity index (χ4n) is 1.33. The van der Waals surface area contributed by atoms with Crippen molar-refractivity contribution in [2.75, 3.05) is 27.2 Å². The van der Waals surface area contributed by atoms with Crippen LogP contribution in [0, 0.1) is 0 Å². The zero-order valence-corrected chi connectivity index (χ0v) is 10.7. The molecular weight excluding hydrogens is 224 g/mol. The predicted octanol–water partition coefficient (Wildman–Crippen LogP) is 0.606. The van der Waals surface area contributed by atoms with Crippen molar-refractivity contribution in [2.24, 2.45) is 0 Å². The lowest BCUT2D eigenvalue weighted by molar-refractivity contribution is -0.141. The van der Waals surface area contributed by atoms with Crippen LogP contribution in [-0.4, -0.2) is 65.3 Å². The Bertz CT molecular complexity index is 258. The summed E-state index contributed by atoms with van der Waals surface area (Å²) in [6, 6.07) is -1.13. The van der Waals surface area contributed by atoms with Gasteiger partial charge in [0.2, 0.25) is 0 Å². The Morgan fingerprint density at radius 2 is 1.76 bits per heavy atom. The standard InChI is InChI=1S/C11H22N2O4/c1-9(10(15)16)13(3)11(17)12(2)7-5-4-6-8-14/h9,14H,4-8H2,1-3H3,(H,15,16). The molecule has 0 rings (SSSR count). The molecule has 0 aliphatic heterocycles. The van der Waals surface area contributed by atoms with E-state index < -0.39 is 12.0 Å². The average molecular weight is 246 g/mol. The SMILES string of the molecule is CC(C(=O)O)N(C)C(=O)N(C)CCCCCO. The second-order valence-electron chi connectivity index (χ2n) is 4.11. The maximum absolute atomic E-state index is 11.8. The first kappa shape index (κ1) is 15.7. The molecule has 0 aromatic rings. The number of carbonyl (C=O) groups excluding carboxylic acids is 1. The number of carboxylic acids is 1. The fraction of sp³-hybridized carbons (Fsp3) is 0.818. The Kier molecular flexibility index (Phi) is 7.29. The van der Waals surface area contributed by atoms with Gasteiger partial charge >= 0.3 is 12.0 Å². The maximum Gasteiger partial charge on any atom is 0.326 e. The van der Waals surface area contributed by atoms with Crippen molar-refractivity contribution < 1.29 is 19.8 Å². The van der Waals surface area contributed by atoms with Gasteiger partial charge < -0.3 is 20.0 Å². The summed E-state index contributed by atoms with van der Waals surface area (Å²) in [5, 5.41) is 17.4. The fourth-order valence-corrected chi connectivity index (χ4v) is 1.33. The molecule has 0 aromatic heterocycles. The number of rotatable bonds is 7. The third kappa shape index (κ3) is 5.53. The first-order chi connectivity index (χ1) is 7.91. The van der Waals surface area contributed by atoms with E-state index in [0.29, 0.717) is 6.54 Å². The van der Waals surface area contributed by atoms with Gasteiger partial charge in [0.15, 0.2) is 0 Å². The molecule has 0 aromatic carbocycles. The molecule has 0 bridgehead atoms. The number of carbonyl (C=O) groups is 2. The quantitative estimate of drug-likeness (QED) is 0.645. The van der Waals surface area contributed by atoms with E-state index in [9.17, 15) is 9.59 Å². The molecule has 6 heteroatoms. The lowest BCUT2D eigenvalue weighted by atomic mass is 10.2. The van der Waals surface area contributed by atoms with Gasteiger partial charge in [-0.1, -0.05) is 0 Å². The average Bonchev–Trinajstić information content (AvgIpc) is 2.31. The van der Waals surface area contributed by atoms with Crippen LogP contribution < -0.4 is 0 Å². The van der Waals surface area contributed by atoms with Crippen LogP contribution in [-0.2, 0) is 4.79 Å². The van der Waals surface area contributed by atoms with Gasteiger partial charge in [-0.05, 0) is 26.2 Å². The third-order valence-corrected chi connectivity index (χ3v) is 2.72. The molecule has 0 radical (unpaired) electrons. The summed E-state index contributed by atoms with van der Waals surface area (Å²) in [5.74, 6) is -1.02. The van der Waals surface area contributed by atoms with Crippen LogP contribution >= 0.6 is 0 Å². The zero-order valence-electron chi connectivity index (χ0n) is 10.7. The van der Waals surface area contributed by atoms with Crippen LogP contribution in [0.15, 0.2) is 0 Å². The number of carboxylic acid groups (broad SMARTS) is 1. The number of aliphatic hydroxyl groups is 1. The number of unbranched alkanes of at least 4 members (excludes halogenated alkanes) is 2. The molecule has 0 spiro atoms. The van der Waals surface area contributed by atoms with Crippen molar-refractivity contribution >= 4 is 12.0 Å². The number of nitrogens with zero attached hydrogens (tertiary/aromatic N) is 2. The lowest BCUT2D eigenvalue weighted by Gasteiger charge is -2.27. The first-order valence-corrected chi connectivity index (χ1v) is 5.73. The molecule has 0 saturated carbocycles. The number of aliphatic hydroxyl groups excluding tert-OH is 1. The smallest absolute Gasteiger partial charge is 0.326 e. The monoisotopic (exact) mass is 246 g/mol. The highest BCUT2D eigenvalue weighted by Crippen LogP contribution is 2.03. The summed E-state index contributed by atoms with van der Waals surface area (Å²) in [5.41, 5.74) is 0. The molecule has 0 heterocycles. The van der Waals surface area contributed by atoms with Gasteiger partial charge in [-0.2, -0.15) is 0 Å². The molecule has 6 nitrogen and oxygen atoms in total. The number of likely N-dealkylation sites (N-methyl/N-ethyl adjacent to an activating group) is 1. The van der Waals surface area contributed by atoms with Crippen molar-refractivity contribution in [3.05, 3.63) is 0 Å². The number of hydrogen-bond acceptors (Lipinski definition) is 3. The van der Waals surface area contributed by atoms with Gasteiger partial charge in [0, 0.05) is 27.2 Å². The summed E-state index contributed by atoms with van der Waals surface area (Å²) in [6.07, 6.45) is 2.38. The number of aliphatic carboxylic acids is 1. The van der Waals surface area contributed by atoms with Crippen molar-refractivity contribution in [3.63, 3.8) is 0 Å². The van der Waals surface area contributed by atoms with E-state index in [1.165, 1.54) is 23.8 Å². The molecule has 0 aliphatic rings. The molecule has 2 N–H and O–H groups in total. The van der Waals surface area contributed by atoms with Crippen LogP contribution in [0.4, 0.5) is 4.79 Å². The molecule has 1 atom stereocenters. The Morgan fingerprint density at radius 1 is 1.18 bits per heavy atom. The summed E-state index contributed by atoms with van der Waals surface area (Å²) in [4.78, 5) is 25.2. The highest BCUT2D eigenvalue weighted by atomic mass is 16.4. The summed E-state index contributed by atoms with van der Waals surface area (Å²) < 4.78 is 0. The lowest BCUT2D eigenvalue weighted by Crippen LogP contribution is -2.46. The second-order valence-corrected chi connectivity index (χ2v) is 4.11. The van der Waals surface area contributed by atoms with Gasteiger partial charge in [-0.15, -0.1) is 0 Å². The zero-order chi connectivity index (χ0) is 13.4. The highest BCUT2D eigenvalue weighted by Gasteiger charge is 2.23. The number of amides is 2. The Hall–Kier alpha value is -1.30. The predicted molar refractivity (Wildman–Crippen MR) is 63.8 cm³/mol. The van der Waals surface area contributed by atoms with E-state index in [0.717, 1.165) is 19.3 Å². The Labute approximate surface area is 102 Å². The first-order valence-electron chi connectivity index (χ1n) is 5.73. The minimum absolute atomic E-state index is 0.160. The molecule has 17 heavy (non-hydrogen) atoms. The van der Waals surface area contributed by atoms with Gasteiger partial charge in [-0.3, -0.25) is 0 Å². The van der Waals surface area contributed by atoms with Gasteiger partial charge in [-0.25, -0.2) is 9.59 Å². The van der Waals surface area contributed by atoms with E-state index >= 15 is 0 Å². The van der Waals surface area contributed by atoms with Crippen LogP contribution in [0.1, 0.15) is 26.2 Å². The second kappa shape index (κ2) is 7.89. The summed E-state index contributed by atoms with van der Waals surface area (Å²) in [6.45, 7) is 2.20. The van der Waals surface area contributed by atoms with Crippen LogP contribution in [0.3, 0.4) is 0 Å². The molecular formula is C11H22N2O4. The van der Waals surface area contributed by atoms with Crippen molar-refractivity contribution in [1.82, 2.24) is 9.80 Å². The van der Waals surface area contributed by atoms with E-state index in [1.54, 1.807) is 7.05 Å². The van der Waals surface area contributed by atoms with Crippen molar-refractivity contribution in [2.45, 2.75) is 32.2 Å².